The van der Waals surface area contributed by atoms with Gasteiger partial charge in [0.25, 0.3) is 0 Å². The molecule has 166 valence electrons. The number of aromatic nitrogens is 3. The van der Waals surface area contributed by atoms with E-state index in [0.717, 1.165) is 25.9 Å². The monoisotopic (exact) mass is 457 g/mol. The maximum Gasteiger partial charge on any atom is 0.337 e. The van der Waals surface area contributed by atoms with Gasteiger partial charge in [-0.25, -0.2) is 14.2 Å². The van der Waals surface area contributed by atoms with Crippen LogP contribution < -0.4 is 10.2 Å². The number of hydrogen-bond donors (Lipinski definition) is 2. The molecule has 0 unspecified atom stereocenters. The number of piperidine rings is 1. The Morgan fingerprint density at radius 2 is 2.03 bits per heavy atom. The number of rotatable bonds is 6. The van der Waals surface area contributed by atoms with Crippen molar-refractivity contribution < 1.29 is 19.0 Å². The summed E-state index contributed by atoms with van der Waals surface area (Å²) in [6.45, 7) is 1.44. The van der Waals surface area contributed by atoms with E-state index in [1.54, 1.807) is 31.6 Å². The highest BCUT2D eigenvalue weighted by atomic mass is 35.5. The fourth-order valence-corrected chi connectivity index (χ4v) is 3.77. The van der Waals surface area contributed by atoms with E-state index in [9.17, 15) is 14.3 Å². The second kappa shape index (κ2) is 9.46. The van der Waals surface area contributed by atoms with Gasteiger partial charge in [0.15, 0.2) is 0 Å². The van der Waals surface area contributed by atoms with Crippen molar-refractivity contribution in [3.63, 3.8) is 0 Å². The molecule has 0 spiro atoms. The number of pyridine rings is 1. The maximum absolute atomic E-state index is 13.5. The van der Waals surface area contributed by atoms with Crippen LogP contribution in [-0.4, -0.2) is 52.3 Å². The Bertz CT molecular complexity index is 1140. The molecule has 0 saturated carbocycles. The number of halogens is 2. The molecule has 0 atom stereocenters. The molecule has 4 rings (SSSR count). The summed E-state index contributed by atoms with van der Waals surface area (Å²) in [6.07, 6.45) is 6.37. The first-order chi connectivity index (χ1) is 15.4. The van der Waals surface area contributed by atoms with Gasteiger partial charge in [-0.15, -0.1) is 0 Å². The first-order valence-corrected chi connectivity index (χ1v) is 10.4. The Morgan fingerprint density at radius 1 is 1.25 bits per heavy atom. The number of methoxy groups -OCH3 is 1. The highest BCUT2D eigenvalue weighted by Crippen LogP contribution is 2.32. The lowest BCUT2D eigenvalue weighted by Crippen LogP contribution is -2.37. The number of nitrogens with zero attached hydrogens (tertiary/aromatic N) is 4. The molecule has 8 nitrogen and oxygen atoms in total. The Kier molecular flexibility index (Phi) is 6.48. The third-order valence-electron chi connectivity index (χ3n) is 5.32. The fraction of sp³-hybridized carbons (Fsp3) is 0.273. The summed E-state index contributed by atoms with van der Waals surface area (Å²) < 4.78 is 18.9. The molecule has 2 aromatic heterocycles. The molecule has 0 bridgehead atoms. The summed E-state index contributed by atoms with van der Waals surface area (Å²) in [5, 5.41) is 12.4. The lowest BCUT2D eigenvalue weighted by Gasteiger charge is -2.33. The zero-order valence-electron chi connectivity index (χ0n) is 17.3. The van der Waals surface area contributed by atoms with Gasteiger partial charge in [0.05, 0.1) is 16.7 Å². The van der Waals surface area contributed by atoms with Crippen LogP contribution in [0.1, 0.15) is 23.2 Å². The molecule has 1 aliphatic rings. The second-order valence-corrected chi connectivity index (χ2v) is 7.78. The summed E-state index contributed by atoms with van der Waals surface area (Å²) in [5.41, 5.74) is 1.89. The van der Waals surface area contributed by atoms with Gasteiger partial charge in [-0.1, -0.05) is 11.6 Å². The predicted octanol–water partition coefficient (Wildman–Crippen LogP) is 4.39. The quantitative estimate of drug-likeness (QED) is 0.562. The zero-order chi connectivity index (χ0) is 22.7. The minimum Gasteiger partial charge on any atom is -0.478 e. The van der Waals surface area contributed by atoms with E-state index in [-0.39, 0.29) is 16.7 Å². The molecule has 1 aromatic carbocycles. The average molecular weight is 458 g/mol. The number of aromatic carboxylic acids is 1. The van der Waals surface area contributed by atoms with Gasteiger partial charge in [0.2, 0.25) is 5.95 Å². The second-order valence-electron chi connectivity index (χ2n) is 7.37. The van der Waals surface area contributed by atoms with E-state index in [2.05, 4.69) is 20.2 Å². The molecule has 0 radical (unpaired) electrons. The topological polar surface area (TPSA) is 100 Å². The van der Waals surface area contributed by atoms with Crippen LogP contribution in [0, 0.1) is 5.82 Å². The van der Waals surface area contributed by atoms with Gasteiger partial charge in [0.1, 0.15) is 11.6 Å². The van der Waals surface area contributed by atoms with Gasteiger partial charge < -0.3 is 20.1 Å². The smallest absolute Gasteiger partial charge is 0.337 e. The van der Waals surface area contributed by atoms with Crippen LogP contribution in [0.3, 0.4) is 0 Å². The van der Waals surface area contributed by atoms with Crippen molar-refractivity contribution in [2.45, 2.75) is 18.9 Å². The lowest BCUT2D eigenvalue weighted by atomic mass is 10.0. The number of carbonyl (C=O) groups is 1. The summed E-state index contributed by atoms with van der Waals surface area (Å²) in [6, 6.07) is 5.81. The third-order valence-corrected chi connectivity index (χ3v) is 5.61. The maximum atomic E-state index is 13.5. The van der Waals surface area contributed by atoms with Crippen molar-refractivity contribution in [1.82, 2.24) is 15.0 Å². The molecule has 32 heavy (non-hydrogen) atoms. The molecule has 10 heteroatoms. The molecule has 3 heterocycles. The van der Waals surface area contributed by atoms with Crippen molar-refractivity contribution in [3.05, 3.63) is 59.3 Å². The molecule has 3 aromatic rings. The molecule has 0 amide bonds. The first-order valence-electron chi connectivity index (χ1n) is 10.00. The van der Waals surface area contributed by atoms with Crippen LogP contribution in [0.5, 0.6) is 0 Å². The molecule has 1 saturated heterocycles. The Morgan fingerprint density at radius 3 is 2.72 bits per heavy atom. The standard InChI is InChI=1S/C22H21ClFN5O3/c1-32-16-4-6-29(7-5-16)20-17(13-8-14(21(30)31)11-25-10-13)12-26-22(28-20)27-15-2-3-19(24)18(23)9-15/h2-3,8-12,16H,4-7H2,1H3,(H,30,31)(H,26,27,28). The van der Waals surface area contributed by atoms with Gasteiger partial charge in [-0.3, -0.25) is 4.98 Å². The number of hydrogen-bond acceptors (Lipinski definition) is 7. The highest BCUT2D eigenvalue weighted by Gasteiger charge is 2.23. The number of benzene rings is 1. The Balaban J connectivity index is 1.71. The van der Waals surface area contributed by atoms with E-state index in [0.29, 0.717) is 28.6 Å². The van der Waals surface area contributed by atoms with Crippen LogP contribution in [0.25, 0.3) is 11.1 Å². The van der Waals surface area contributed by atoms with Gasteiger partial charge in [-0.2, -0.15) is 4.98 Å². The number of ether oxygens (including phenoxy) is 1. The lowest BCUT2D eigenvalue weighted by molar-refractivity contribution is 0.0696. The van der Waals surface area contributed by atoms with Gasteiger partial charge in [-0.05, 0) is 37.1 Å². The van der Waals surface area contributed by atoms with Crippen LogP contribution >= 0.6 is 11.6 Å². The fourth-order valence-electron chi connectivity index (χ4n) is 3.59. The van der Waals surface area contributed by atoms with Crippen molar-refractivity contribution in [3.8, 4) is 11.1 Å². The van der Waals surface area contributed by atoms with Crippen molar-refractivity contribution >= 4 is 35.0 Å². The zero-order valence-corrected chi connectivity index (χ0v) is 18.0. The van der Waals surface area contributed by atoms with Crippen LogP contribution in [0.15, 0.2) is 42.9 Å². The summed E-state index contributed by atoms with van der Waals surface area (Å²) in [4.78, 5) is 26.7. The molecule has 2 N–H and O–H groups in total. The normalized spacial score (nSPS) is 14.4. The van der Waals surface area contributed by atoms with E-state index in [1.807, 2.05) is 0 Å². The molecular weight excluding hydrogens is 437 g/mol. The first kappa shape index (κ1) is 21.9. The Labute approximate surface area is 189 Å². The third kappa shape index (κ3) is 4.79. The average Bonchev–Trinajstić information content (AvgIpc) is 2.81. The van der Waals surface area contributed by atoms with E-state index in [4.69, 9.17) is 21.3 Å². The van der Waals surface area contributed by atoms with Crippen LogP contribution in [0.2, 0.25) is 5.02 Å². The molecular formula is C22H21ClFN5O3. The van der Waals surface area contributed by atoms with Crippen molar-refractivity contribution in [2.24, 2.45) is 0 Å². The van der Waals surface area contributed by atoms with E-state index < -0.39 is 11.8 Å². The number of anilines is 3. The summed E-state index contributed by atoms with van der Waals surface area (Å²) >= 11 is 5.88. The Hall–Kier alpha value is -3.30. The molecule has 1 aliphatic heterocycles. The highest BCUT2D eigenvalue weighted by molar-refractivity contribution is 6.31. The molecule has 1 fully saturated rings. The minimum atomic E-state index is -1.06. The number of nitrogens with one attached hydrogen (secondary N) is 1. The minimum absolute atomic E-state index is 0.00922. The van der Waals surface area contributed by atoms with E-state index in [1.165, 1.54) is 18.3 Å². The van der Waals surface area contributed by atoms with Crippen molar-refractivity contribution in [2.75, 3.05) is 30.4 Å². The SMILES string of the molecule is COC1CCN(c2nc(Nc3ccc(F)c(Cl)c3)ncc2-c2cncc(C(=O)O)c2)CC1. The summed E-state index contributed by atoms with van der Waals surface area (Å²) in [7, 11) is 1.70. The molecule has 0 aliphatic carbocycles. The summed E-state index contributed by atoms with van der Waals surface area (Å²) in [5.74, 6) is -0.618. The van der Waals surface area contributed by atoms with Crippen LogP contribution in [-0.2, 0) is 4.74 Å². The largest absolute Gasteiger partial charge is 0.478 e. The van der Waals surface area contributed by atoms with E-state index >= 15 is 0 Å². The van der Waals surface area contributed by atoms with Crippen molar-refractivity contribution in [1.29, 1.82) is 0 Å². The van der Waals surface area contributed by atoms with Gasteiger partial charge in [0, 0.05) is 55.6 Å². The number of carboxylic acids is 1. The van der Waals surface area contributed by atoms with Gasteiger partial charge >= 0.3 is 5.97 Å². The van der Waals surface area contributed by atoms with Crippen LogP contribution in [0.4, 0.5) is 21.8 Å². The number of carboxylic acid groups (broad SMARTS) is 1. The predicted molar refractivity (Wildman–Crippen MR) is 119 cm³/mol.